The molecular weight excluding hydrogens is 146 g/mol. The van der Waals surface area contributed by atoms with Gasteiger partial charge in [0.05, 0.1) is 6.61 Å². The summed E-state index contributed by atoms with van der Waals surface area (Å²) in [7, 11) is 0. The number of hydrogen-bond acceptors (Lipinski definition) is 3. The Hall–Kier alpha value is -0.610. The average molecular weight is 161 g/mol. The molecule has 0 heterocycles. The summed E-state index contributed by atoms with van der Waals surface area (Å²) < 4.78 is 4.92. The van der Waals surface area contributed by atoms with Crippen LogP contribution in [0, 0.1) is 0 Å². The van der Waals surface area contributed by atoms with E-state index in [1.54, 1.807) is 0 Å². The van der Waals surface area contributed by atoms with Crippen LogP contribution in [0.1, 0.15) is 19.8 Å². The third-order valence-corrected chi connectivity index (χ3v) is 1.18. The van der Waals surface area contributed by atoms with Gasteiger partial charge in [-0.25, -0.2) is 0 Å². The second kappa shape index (κ2) is 7.50. The molecule has 2 N–H and O–H groups in total. The Kier molecular flexibility index (Phi) is 7.08. The molecule has 1 amide bonds. The number of rotatable bonds is 7. The molecule has 0 aliphatic heterocycles. The molecule has 4 heteroatoms. The minimum Gasteiger partial charge on any atom is -0.368 e. The molecule has 0 fully saturated rings. The Morgan fingerprint density at radius 3 is 3.00 bits per heavy atom. The molecule has 66 valence electrons. The van der Waals surface area contributed by atoms with Crippen LogP contribution in [-0.2, 0) is 9.53 Å². The standard InChI is InChI=1S/C7H15NO3/c1-2-3-7(10)11-5-4-8-6-9/h6-7,10H,2-5H2,1H3,(H,8,9)/t7-/m0/s1. The molecule has 0 radical (unpaired) electrons. The Morgan fingerprint density at radius 1 is 1.73 bits per heavy atom. The van der Waals surface area contributed by atoms with E-state index < -0.39 is 6.29 Å². The van der Waals surface area contributed by atoms with Crippen molar-refractivity contribution in [1.29, 1.82) is 0 Å². The summed E-state index contributed by atoms with van der Waals surface area (Å²) in [4.78, 5) is 9.75. The predicted octanol–water partition coefficient (Wildman–Crippen LogP) is -0.133. The van der Waals surface area contributed by atoms with E-state index >= 15 is 0 Å². The molecule has 0 saturated heterocycles. The topological polar surface area (TPSA) is 58.6 Å². The van der Waals surface area contributed by atoms with Crippen LogP contribution >= 0.6 is 0 Å². The number of aliphatic hydroxyl groups excluding tert-OH is 1. The van der Waals surface area contributed by atoms with Crippen LogP contribution in [0.25, 0.3) is 0 Å². The van der Waals surface area contributed by atoms with E-state index in [1.165, 1.54) is 0 Å². The van der Waals surface area contributed by atoms with Crippen molar-refractivity contribution in [1.82, 2.24) is 5.32 Å². The fraction of sp³-hybridized carbons (Fsp3) is 0.857. The monoisotopic (exact) mass is 161 g/mol. The summed E-state index contributed by atoms with van der Waals surface area (Å²) in [6.07, 6.45) is 1.45. The summed E-state index contributed by atoms with van der Waals surface area (Å²) in [5.41, 5.74) is 0. The van der Waals surface area contributed by atoms with Gasteiger partial charge >= 0.3 is 0 Å². The van der Waals surface area contributed by atoms with Crippen molar-refractivity contribution in [3.8, 4) is 0 Å². The van der Waals surface area contributed by atoms with Crippen molar-refractivity contribution in [3.63, 3.8) is 0 Å². The third-order valence-electron chi connectivity index (χ3n) is 1.18. The molecule has 0 unspecified atom stereocenters. The van der Waals surface area contributed by atoms with Gasteiger partial charge in [-0.1, -0.05) is 13.3 Å². The average Bonchev–Trinajstić information content (AvgIpc) is 1.99. The van der Waals surface area contributed by atoms with Gasteiger partial charge in [-0.05, 0) is 6.42 Å². The van der Waals surface area contributed by atoms with Gasteiger partial charge in [-0.3, -0.25) is 4.79 Å². The van der Waals surface area contributed by atoms with Crippen LogP contribution in [0.3, 0.4) is 0 Å². The predicted molar refractivity (Wildman–Crippen MR) is 40.9 cm³/mol. The van der Waals surface area contributed by atoms with Gasteiger partial charge in [0, 0.05) is 6.54 Å². The van der Waals surface area contributed by atoms with E-state index in [9.17, 15) is 4.79 Å². The van der Waals surface area contributed by atoms with Crippen LogP contribution in [0.2, 0.25) is 0 Å². The highest BCUT2D eigenvalue weighted by atomic mass is 16.6. The zero-order valence-electron chi connectivity index (χ0n) is 6.75. The van der Waals surface area contributed by atoms with Gasteiger partial charge in [0.25, 0.3) is 0 Å². The lowest BCUT2D eigenvalue weighted by atomic mass is 10.3. The first-order valence-electron chi connectivity index (χ1n) is 3.78. The number of carbonyl (C=O) groups excluding carboxylic acids is 1. The van der Waals surface area contributed by atoms with E-state index in [1.807, 2.05) is 6.92 Å². The minimum atomic E-state index is -0.687. The molecule has 1 atom stereocenters. The molecule has 4 nitrogen and oxygen atoms in total. The maximum absolute atomic E-state index is 9.75. The highest BCUT2D eigenvalue weighted by Gasteiger charge is 1.99. The lowest BCUT2D eigenvalue weighted by Crippen LogP contribution is -2.21. The van der Waals surface area contributed by atoms with Crippen LogP contribution in [0.15, 0.2) is 0 Å². The maximum atomic E-state index is 9.75. The molecule has 0 aromatic carbocycles. The normalized spacial score (nSPS) is 12.5. The molecule has 11 heavy (non-hydrogen) atoms. The van der Waals surface area contributed by atoms with Gasteiger partial charge in [-0.2, -0.15) is 0 Å². The second-order valence-electron chi connectivity index (χ2n) is 2.19. The Balaban J connectivity index is 3.03. The lowest BCUT2D eigenvalue weighted by Gasteiger charge is -2.09. The lowest BCUT2D eigenvalue weighted by molar-refractivity contribution is -0.113. The molecular formula is C7H15NO3. The smallest absolute Gasteiger partial charge is 0.207 e. The number of amides is 1. The summed E-state index contributed by atoms with van der Waals surface area (Å²) in [6, 6.07) is 0. The van der Waals surface area contributed by atoms with Crippen molar-refractivity contribution < 1.29 is 14.6 Å². The van der Waals surface area contributed by atoms with Crippen molar-refractivity contribution in [2.24, 2.45) is 0 Å². The maximum Gasteiger partial charge on any atom is 0.207 e. The van der Waals surface area contributed by atoms with Crippen LogP contribution in [0.4, 0.5) is 0 Å². The fourth-order valence-corrected chi connectivity index (χ4v) is 0.643. The summed E-state index contributed by atoms with van der Waals surface area (Å²) in [5, 5.41) is 11.4. The number of aliphatic hydroxyl groups is 1. The zero-order valence-corrected chi connectivity index (χ0v) is 6.75. The number of carbonyl (C=O) groups is 1. The zero-order chi connectivity index (χ0) is 8.53. The van der Waals surface area contributed by atoms with Crippen LogP contribution in [-0.4, -0.2) is 31.0 Å². The number of hydrogen-bond donors (Lipinski definition) is 2. The van der Waals surface area contributed by atoms with E-state index in [0.717, 1.165) is 6.42 Å². The third kappa shape index (κ3) is 7.29. The summed E-state index contributed by atoms with van der Waals surface area (Å²) >= 11 is 0. The largest absolute Gasteiger partial charge is 0.368 e. The van der Waals surface area contributed by atoms with Crippen molar-refractivity contribution in [2.45, 2.75) is 26.1 Å². The Labute approximate surface area is 66.5 Å². The van der Waals surface area contributed by atoms with E-state index in [4.69, 9.17) is 9.84 Å². The molecule has 0 aliphatic rings. The Morgan fingerprint density at radius 2 is 2.45 bits per heavy atom. The minimum absolute atomic E-state index is 0.361. The quantitative estimate of drug-likeness (QED) is 0.310. The molecule has 0 aromatic heterocycles. The van der Waals surface area contributed by atoms with Gasteiger partial charge in [0.15, 0.2) is 6.29 Å². The van der Waals surface area contributed by atoms with E-state index in [2.05, 4.69) is 5.32 Å². The first kappa shape index (κ1) is 10.4. The first-order chi connectivity index (χ1) is 5.31. The van der Waals surface area contributed by atoms with Crippen molar-refractivity contribution in [3.05, 3.63) is 0 Å². The molecule has 0 aromatic rings. The molecule has 0 bridgehead atoms. The van der Waals surface area contributed by atoms with Crippen LogP contribution in [0.5, 0.6) is 0 Å². The van der Waals surface area contributed by atoms with Gasteiger partial charge < -0.3 is 15.2 Å². The van der Waals surface area contributed by atoms with Gasteiger partial charge in [0.2, 0.25) is 6.41 Å². The molecule has 0 saturated carbocycles. The number of nitrogens with one attached hydrogen (secondary N) is 1. The highest BCUT2D eigenvalue weighted by molar-refractivity contribution is 5.45. The SMILES string of the molecule is CCC[C@@H](O)OCCNC=O. The Bertz CT molecular complexity index is 97.7. The van der Waals surface area contributed by atoms with Crippen molar-refractivity contribution >= 4 is 6.41 Å². The van der Waals surface area contributed by atoms with E-state index in [0.29, 0.717) is 26.0 Å². The first-order valence-corrected chi connectivity index (χ1v) is 3.78. The van der Waals surface area contributed by atoms with E-state index in [-0.39, 0.29) is 0 Å². The fourth-order valence-electron chi connectivity index (χ4n) is 0.643. The van der Waals surface area contributed by atoms with Gasteiger partial charge in [0.1, 0.15) is 0 Å². The van der Waals surface area contributed by atoms with Crippen molar-refractivity contribution in [2.75, 3.05) is 13.2 Å². The van der Waals surface area contributed by atoms with Gasteiger partial charge in [-0.15, -0.1) is 0 Å². The second-order valence-corrected chi connectivity index (χ2v) is 2.19. The molecule has 0 rings (SSSR count). The molecule has 0 aliphatic carbocycles. The summed E-state index contributed by atoms with van der Waals surface area (Å²) in [5.74, 6) is 0. The molecule has 0 spiro atoms. The number of ether oxygens (including phenoxy) is 1. The summed E-state index contributed by atoms with van der Waals surface area (Å²) in [6.45, 7) is 2.78. The highest BCUT2D eigenvalue weighted by Crippen LogP contribution is 1.96. The van der Waals surface area contributed by atoms with Crippen LogP contribution < -0.4 is 5.32 Å².